The molecule has 0 bridgehead atoms. The number of rotatable bonds is 7. The highest BCUT2D eigenvalue weighted by Crippen LogP contribution is 2.19. The van der Waals surface area contributed by atoms with E-state index in [9.17, 15) is 0 Å². The minimum absolute atomic E-state index is 1.03. The van der Waals surface area contributed by atoms with Crippen LogP contribution < -0.4 is 0 Å². The van der Waals surface area contributed by atoms with Crippen LogP contribution in [-0.2, 0) is 0 Å². The first-order valence-corrected chi connectivity index (χ1v) is 7.52. The van der Waals surface area contributed by atoms with Crippen LogP contribution in [0.2, 0.25) is 0 Å². The second-order valence-corrected chi connectivity index (χ2v) is 5.86. The Bertz CT molecular complexity index is 536. The van der Waals surface area contributed by atoms with Gasteiger partial charge in [-0.25, -0.2) is 0 Å². The molecule has 0 fully saturated rings. The van der Waals surface area contributed by atoms with Crippen LogP contribution in [0.15, 0.2) is 42.0 Å². The van der Waals surface area contributed by atoms with Gasteiger partial charge >= 0.3 is 0 Å². The molecule has 0 unspecified atom stereocenters. The molecule has 0 aliphatic carbocycles. The molecule has 0 aliphatic heterocycles. The fourth-order valence-corrected chi connectivity index (χ4v) is 2.06. The highest BCUT2D eigenvalue weighted by Gasteiger charge is 2.00. The minimum atomic E-state index is 1.03. The van der Waals surface area contributed by atoms with E-state index < -0.39 is 0 Å². The Morgan fingerprint density at radius 3 is 2.52 bits per heavy atom. The summed E-state index contributed by atoms with van der Waals surface area (Å²) in [6, 6.07) is 6.47. The van der Waals surface area contributed by atoms with Gasteiger partial charge in [-0.2, -0.15) is 0 Å². The lowest BCUT2D eigenvalue weighted by Gasteiger charge is -2.08. The van der Waals surface area contributed by atoms with E-state index in [1.165, 1.54) is 22.4 Å². The van der Waals surface area contributed by atoms with Crippen LogP contribution in [0.25, 0.3) is 5.57 Å². The first-order chi connectivity index (χ1) is 9.93. The average Bonchev–Trinajstić information content (AvgIpc) is 2.42. The molecule has 21 heavy (non-hydrogen) atoms. The molecular weight excluding hydrogens is 256 g/mol. The molecule has 0 spiro atoms. The molecule has 0 atom stereocenters. The van der Waals surface area contributed by atoms with E-state index in [1.54, 1.807) is 0 Å². The van der Waals surface area contributed by atoms with E-state index >= 15 is 0 Å². The maximum Gasteiger partial charge on any atom is 0.0345 e. The second kappa shape index (κ2) is 8.58. The zero-order valence-corrected chi connectivity index (χ0v) is 14.1. The van der Waals surface area contributed by atoms with Crippen molar-refractivity contribution in [1.29, 1.82) is 0 Å². The number of nitrogens with zero attached hydrogens (tertiary/aromatic N) is 2. The molecule has 1 aromatic carbocycles. The third-order valence-corrected chi connectivity index (χ3v) is 3.63. The maximum absolute atomic E-state index is 4.59. The molecule has 0 aromatic heterocycles. The number of hydrogen-bond donors (Lipinski definition) is 0. The summed E-state index contributed by atoms with van der Waals surface area (Å²) >= 11 is 0. The normalized spacial score (nSPS) is 12.9. The van der Waals surface area contributed by atoms with E-state index in [2.05, 4.69) is 69.5 Å². The Morgan fingerprint density at radius 1 is 1.24 bits per heavy atom. The molecule has 2 heteroatoms. The summed E-state index contributed by atoms with van der Waals surface area (Å²) in [4.78, 5) is 6.79. The van der Waals surface area contributed by atoms with Gasteiger partial charge in [-0.3, -0.25) is 4.99 Å². The third kappa shape index (κ3) is 6.09. The predicted octanol–water partition coefficient (Wildman–Crippen LogP) is 4.63. The van der Waals surface area contributed by atoms with Gasteiger partial charge in [-0.1, -0.05) is 30.9 Å². The molecule has 0 saturated heterocycles. The Labute approximate surface area is 129 Å². The molecule has 1 rings (SSSR count). The van der Waals surface area contributed by atoms with Gasteiger partial charge in [0.15, 0.2) is 0 Å². The summed E-state index contributed by atoms with van der Waals surface area (Å²) in [5.41, 5.74) is 6.03. The maximum atomic E-state index is 4.59. The summed E-state index contributed by atoms with van der Waals surface area (Å²) in [6.45, 7) is 11.4. The van der Waals surface area contributed by atoms with E-state index in [-0.39, 0.29) is 0 Å². The number of hydrogen-bond acceptors (Lipinski definition) is 2. The Hall–Kier alpha value is -1.67. The van der Waals surface area contributed by atoms with Crippen molar-refractivity contribution in [2.45, 2.75) is 33.6 Å². The van der Waals surface area contributed by atoms with Crippen molar-refractivity contribution >= 4 is 11.3 Å². The van der Waals surface area contributed by atoms with Crippen LogP contribution in [0.4, 0.5) is 0 Å². The highest BCUT2D eigenvalue weighted by atomic mass is 15.0. The van der Waals surface area contributed by atoms with Gasteiger partial charge < -0.3 is 4.90 Å². The van der Waals surface area contributed by atoms with Gasteiger partial charge in [0, 0.05) is 11.9 Å². The average molecular weight is 284 g/mol. The van der Waals surface area contributed by atoms with E-state index in [1.807, 2.05) is 12.3 Å². The first-order valence-electron chi connectivity index (χ1n) is 7.52. The van der Waals surface area contributed by atoms with Crippen LogP contribution >= 0.6 is 0 Å². The molecule has 114 valence electrons. The first kappa shape index (κ1) is 17.4. The van der Waals surface area contributed by atoms with Crippen molar-refractivity contribution in [1.82, 2.24) is 4.90 Å². The summed E-state index contributed by atoms with van der Waals surface area (Å²) in [7, 11) is 4.20. The summed E-state index contributed by atoms with van der Waals surface area (Å²) in [5.74, 6) is 0. The van der Waals surface area contributed by atoms with E-state index in [0.717, 1.165) is 25.0 Å². The molecule has 0 heterocycles. The molecule has 0 N–H and O–H groups in total. The number of aliphatic imine (C=N–C) groups is 1. The number of allylic oxidation sites excluding steroid dienone is 2. The van der Waals surface area contributed by atoms with Gasteiger partial charge in [0.25, 0.3) is 0 Å². The van der Waals surface area contributed by atoms with Crippen molar-refractivity contribution in [3.8, 4) is 0 Å². The second-order valence-electron chi connectivity index (χ2n) is 5.86. The van der Waals surface area contributed by atoms with Gasteiger partial charge in [-0.05, 0) is 76.5 Å². The largest absolute Gasteiger partial charge is 0.309 e. The van der Waals surface area contributed by atoms with Crippen LogP contribution in [0.3, 0.4) is 0 Å². The van der Waals surface area contributed by atoms with Gasteiger partial charge in [0.1, 0.15) is 0 Å². The van der Waals surface area contributed by atoms with Crippen molar-refractivity contribution in [2.75, 3.05) is 20.6 Å². The molecule has 0 amide bonds. The van der Waals surface area contributed by atoms with Crippen LogP contribution in [0.5, 0.6) is 0 Å². The van der Waals surface area contributed by atoms with Gasteiger partial charge in [-0.15, -0.1) is 0 Å². The fraction of sp³-hybridized carbons (Fsp3) is 0.421. The lowest BCUT2D eigenvalue weighted by molar-refractivity contribution is 0.403. The summed E-state index contributed by atoms with van der Waals surface area (Å²) < 4.78 is 0. The molecule has 1 aromatic rings. The fourth-order valence-electron chi connectivity index (χ4n) is 2.06. The topological polar surface area (TPSA) is 15.6 Å². The molecule has 2 nitrogen and oxygen atoms in total. The Balaban J connectivity index is 2.78. The molecule has 0 saturated carbocycles. The monoisotopic (exact) mass is 284 g/mol. The molecular formula is C19H28N2. The van der Waals surface area contributed by atoms with E-state index in [0.29, 0.717) is 0 Å². The van der Waals surface area contributed by atoms with Gasteiger partial charge in [0.2, 0.25) is 0 Å². The van der Waals surface area contributed by atoms with Crippen LogP contribution in [0.1, 0.15) is 36.5 Å². The smallest absolute Gasteiger partial charge is 0.0345 e. The minimum Gasteiger partial charge on any atom is -0.309 e. The lowest BCUT2D eigenvalue weighted by atomic mass is 10.0. The van der Waals surface area contributed by atoms with Crippen molar-refractivity contribution in [2.24, 2.45) is 4.99 Å². The standard InChI is InChI=1S/C19H28N2/c1-7-18(19-11-10-15(2)16(3)13-19)14-20-17(4)9-8-12-21(5)6/h7,10-11,13-14H,1,8-9,12H2,2-6H3/b18-14+,20-17+. The van der Waals surface area contributed by atoms with E-state index in [4.69, 9.17) is 0 Å². The van der Waals surface area contributed by atoms with Crippen LogP contribution in [-0.4, -0.2) is 31.3 Å². The van der Waals surface area contributed by atoms with Gasteiger partial charge in [0.05, 0.1) is 0 Å². The number of benzene rings is 1. The summed E-state index contributed by atoms with van der Waals surface area (Å²) in [5, 5.41) is 0. The summed E-state index contributed by atoms with van der Waals surface area (Å²) in [6.07, 6.45) is 5.98. The molecule has 0 radical (unpaired) electrons. The van der Waals surface area contributed by atoms with Crippen molar-refractivity contribution in [3.05, 3.63) is 53.7 Å². The van der Waals surface area contributed by atoms with Crippen molar-refractivity contribution < 1.29 is 0 Å². The quantitative estimate of drug-likeness (QED) is 0.526. The third-order valence-electron chi connectivity index (χ3n) is 3.63. The predicted molar refractivity (Wildman–Crippen MR) is 95.0 cm³/mol. The highest BCUT2D eigenvalue weighted by molar-refractivity contribution is 5.84. The van der Waals surface area contributed by atoms with Crippen molar-refractivity contribution in [3.63, 3.8) is 0 Å². The SMILES string of the molecule is C=C/C(=C\N=C(/C)CCCN(C)C)c1ccc(C)c(C)c1. The zero-order chi connectivity index (χ0) is 15.8. The number of aryl methyl sites for hydroxylation is 2. The van der Waals surface area contributed by atoms with Crippen LogP contribution in [0, 0.1) is 13.8 Å². The lowest BCUT2D eigenvalue weighted by Crippen LogP contribution is -2.13. The zero-order valence-electron chi connectivity index (χ0n) is 14.1. The molecule has 0 aliphatic rings. The Kier molecular flexibility index (Phi) is 7.10. The Morgan fingerprint density at radius 2 is 1.95 bits per heavy atom.